The molecule has 0 saturated carbocycles. The third kappa shape index (κ3) is 9.14. The van der Waals surface area contributed by atoms with Crippen LogP contribution in [0.5, 0.6) is 0 Å². The molecule has 62 valence electrons. The van der Waals surface area contributed by atoms with E-state index >= 15 is 0 Å². The van der Waals surface area contributed by atoms with Gasteiger partial charge < -0.3 is 0 Å². The van der Waals surface area contributed by atoms with Gasteiger partial charge >= 0.3 is 82.2 Å². The van der Waals surface area contributed by atoms with Gasteiger partial charge in [-0.25, -0.2) is 0 Å². The van der Waals surface area contributed by atoms with Gasteiger partial charge in [0.2, 0.25) is 0 Å². The third-order valence-corrected chi connectivity index (χ3v) is 2.67. The van der Waals surface area contributed by atoms with Crippen LogP contribution in [0.15, 0.2) is 0 Å². The molecule has 1 atom stereocenters. The van der Waals surface area contributed by atoms with E-state index in [-0.39, 0.29) is 4.84 Å². The first-order valence-electron chi connectivity index (χ1n) is 3.75. The van der Waals surface area contributed by atoms with Gasteiger partial charge in [-0.15, -0.1) is 0 Å². The summed E-state index contributed by atoms with van der Waals surface area (Å²) in [4.78, 5) is -0.147. The van der Waals surface area contributed by atoms with Gasteiger partial charge in [-0.1, -0.05) is 0 Å². The molecule has 0 N–H and O–H groups in total. The molecule has 0 fully saturated rings. The normalized spacial score (nSPS) is 10.8. The molecule has 0 heterocycles. The van der Waals surface area contributed by atoms with Gasteiger partial charge in [0.25, 0.3) is 0 Å². The van der Waals surface area contributed by atoms with Crippen LogP contribution in [0, 0.1) is 0 Å². The Balaban J connectivity index is 2.77. The number of alkyl halides is 2. The van der Waals surface area contributed by atoms with Crippen LogP contribution < -0.4 is 0 Å². The van der Waals surface area contributed by atoms with Crippen LogP contribution in [0.4, 0.5) is 0 Å². The first-order valence-corrected chi connectivity index (χ1v) is 6.34. The second kappa shape index (κ2) is 8.24. The maximum absolute atomic E-state index is 5.56. The molecule has 3 heteroatoms. The van der Waals surface area contributed by atoms with Crippen molar-refractivity contribution in [1.29, 1.82) is 0 Å². The van der Waals surface area contributed by atoms with E-state index in [1.807, 2.05) is 16.9 Å². The van der Waals surface area contributed by atoms with E-state index in [2.05, 4.69) is 0 Å². The van der Waals surface area contributed by atoms with Crippen molar-refractivity contribution in [2.24, 2.45) is 0 Å². The fourth-order valence-corrected chi connectivity index (χ4v) is 1.71. The van der Waals surface area contributed by atoms with E-state index in [0.717, 1.165) is 6.42 Å². The van der Waals surface area contributed by atoms with E-state index < -0.39 is 0 Å². The van der Waals surface area contributed by atoms with Crippen LogP contribution in [-0.2, 0) is 0 Å². The van der Waals surface area contributed by atoms with Gasteiger partial charge in [0, 0.05) is 0 Å². The standard InChI is InChI=1S/C7H15AsCl2/c8-6-4-2-1-3-5-7(9)10/h7H,1-6,8H2. The van der Waals surface area contributed by atoms with Gasteiger partial charge in [-0.05, 0) is 0 Å². The fraction of sp³-hybridized carbons (Fsp3) is 1.00. The molecule has 0 aromatic rings. The van der Waals surface area contributed by atoms with Crippen LogP contribution in [0.3, 0.4) is 0 Å². The van der Waals surface area contributed by atoms with E-state index in [0.29, 0.717) is 0 Å². The molecule has 10 heavy (non-hydrogen) atoms. The number of halogens is 2. The Morgan fingerprint density at radius 3 is 2.10 bits per heavy atom. The Morgan fingerprint density at radius 1 is 1.00 bits per heavy atom. The Bertz CT molecular complexity index is 66.6. The Labute approximate surface area is 82.2 Å². The van der Waals surface area contributed by atoms with E-state index in [1.54, 1.807) is 0 Å². The summed E-state index contributed by atoms with van der Waals surface area (Å²) in [5.74, 6) is 0. The van der Waals surface area contributed by atoms with Gasteiger partial charge in [0.1, 0.15) is 0 Å². The predicted octanol–water partition coefficient (Wildman–Crippen LogP) is 2.79. The Hall–Kier alpha value is 1.14. The molecule has 0 rings (SSSR count). The Morgan fingerprint density at radius 2 is 1.60 bits per heavy atom. The van der Waals surface area contributed by atoms with Crippen LogP contribution in [0.1, 0.15) is 32.1 Å². The summed E-state index contributed by atoms with van der Waals surface area (Å²) < 4.78 is 0. The summed E-state index contributed by atoms with van der Waals surface area (Å²) in [5.41, 5.74) is 0. The molecule has 0 bridgehead atoms. The zero-order valence-electron chi connectivity index (χ0n) is 6.15. The van der Waals surface area contributed by atoms with Crippen LogP contribution in [-0.4, -0.2) is 21.7 Å². The van der Waals surface area contributed by atoms with E-state index in [1.165, 1.54) is 30.9 Å². The summed E-state index contributed by atoms with van der Waals surface area (Å²) in [6, 6.07) is 0. The van der Waals surface area contributed by atoms with E-state index in [4.69, 9.17) is 23.2 Å². The summed E-state index contributed by atoms with van der Waals surface area (Å²) in [5, 5.41) is 1.36. The molecule has 0 aliphatic carbocycles. The van der Waals surface area contributed by atoms with Crippen molar-refractivity contribution in [2.45, 2.75) is 42.1 Å². The molecule has 0 aromatic carbocycles. The summed E-state index contributed by atoms with van der Waals surface area (Å²) >= 11 is 12.9. The van der Waals surface area contributed by atoms with Crippen LogP contribution >= 0.6 is 23.2 Å². The molecule has 0 saturated heterocycles. The molecule has 0 aromatic heterocycles. The van der Waals surface area contributed by atoms with Crippen molar-refractivity contribution < 1.29 is 0 Å². The van der Waals surface area contributed by atoms with Crippen LogP contribution in [0.25, 0.3) is 0 Å². The summed E-state index contributed by atoms with van der Waals surface area (Å²) in [6.07, 6.45) is 6.15. The number of rotatable bonds is 6. The molecule has 0 nitrogen and oxygen atoms in total. The number of unbranched alkanes of at least 4 members (excludes halogenated alkanes) is 3. The van der Waals surface area contributed by atoms with Gasteiger partial charge in [0.15, 0.2) is 0 Å². The SMILES string of the molecule is ClC(Cl)CCCCCC[AsH2]. The molecule has 0 aliphatic heterocycles. The third-order valence-electron chi connectivity index (χ3n) is 1.38. The van der Waals surface area contributed by atoms with Crippen LogP contribution in [0.2, 0.25) is 5.21 Å². The molecule has 0 amide bonds. The van der Waals surface area contributed by atoms with Crippen molar-refractivity contribution in [3.05, 3.63) is 0 Å². The van der Waals surface area contributed by atoms with Gasteiger partial charge in [-0.3, -0.25) is 0 Å². The van der Waals surface area contributed by atoms with Crippen molar-refractivity contribution in [2.75, 3.05) is 0 Å². The monoisotopic (exact) mass is 244 g/mol. The summed E-state index contributed by atoms with van der Waals surface area (Å²) in [7, 11) is 0. The van der Waals surface area contributed by atoms with E-state index in [9.17, 15) is 0 Å². The molecule has 0 spiro atoms. The summed E-state index contributed by atoms with van der Waals surface area (Å²) in [6.45, 7) is 0. The Kier molecular flexibility index (Phi) is 9.17. The molecule has 0 aliphatic rings. The fourth-order valence-electron chi connectivity index (χ4n) is 0.797. The zero-order chi connectivity index (χ0) is 7.82. The predicted molar refractivity (Wildman–Crippen MR) is 51.9 cm³/mol. The average Bonchev–Trinajstić information content (AvgIpc) is 1.87. The molecule has 0 radical (unpaired) electrons. The van der Waals surface area contributed by atoms with Gasteiger partial charge in [-0.2, -0.15) is 0 Å². The van der Waals surface area contributed by atoms with Crippen molar-refractivity contribution in [3.63, 3.8) is 0 Å². The number of hydrogen-bond acceptors (Lipinski definition) is 0. The molecular formula is C7H15AsCl2. The van der Waals surface area contributed by atoms with Crippen molar-refractivity contribution in [1.82, 2.24) is 0 Å². The first-order chi connectivity index (χ1) is 4.77. The van der Waals surface area contributed by atoms with Gasteiger partial charge in [0.05, 0.1) is 0 Å². The van der Waals surface area contributed by atoms with Crippen molar-refractivity contribution in [3.8, 4) is 0 Å². The second-order valence-corrected chi connectivity index (χ2v) is 4.87. The molecular weight excluding hydrogens is 230 g/mol. The second-order valence-electron chi connectivity index (χ2n) is 2.38. The minimum atomic E-state index is -0.147. The average molecular weight is 245 g/mol. The minimum absolute atomic E-state index is 0.147. The zero-order valence-corrected chi connectivity index (χ0v) is 10.1. The maximum atomic E-state index is 5.56. The quantitative estimate of drug-likeness (QED) is 0.383. The molecule has 1 unspecified atom stereocenters. The first kappa shape index (κ1) is 11.1. The number of hydrogen-bond donors (Lipinski definition) is 0. The van der Waals surface area contributed by atoms with Crippen molar-refractivity contribution >= 4 is 40.1 Å². The topological polar surface area (TPSA) is 0 Å².